The van der Waals surface area contributed by atoms with Crippen LogP contribution in [0.1, 0.15) is 24.5 Å². The molecule has 0 aliphatic carbocycles. The zero-order chi connectivity index (χ0) is 12.9. The Bertz CT molecular complexity index is 386. The summed E-state index contributed by atoms with van der Waals surface area (Å²) in [4.78, 5) is 11.2. The lowest BCUT2D eigenvalue weighted by molar-refractivity contribution is -0.143. The molecule has 5 heteroatoms. The molecule has 17 heavy (non-hydrogen) atoms. The van der Waals surface area contributed by atoms with E-state index in [2.05, 4.69) is 0 Å². The Labute approximate surface area is 97.4 Å². The van der Waals surface area contributed by atoms with Crippen LogP contribution < -0.4 is 0 Å². The topological polar surface area (TPSA) is 26.3 Å². The molecule has 0 bridgehead atoms. The first-order valence-electron chi connectivity index (χ1n) is 5.25. The van der Waals surface area contributed by atoms with E-state index in [-0.39, 0.29) is 13.0 Å². The molecule has 1 aromatic carbocycles. The molecule has 0 unspecified atom stereocenters. The first kappa shape index (κ1) is 13.5. The molecule has 0 N–H and O–H groups in total. The number of esters is 1. The van der Waals surface area contributed by atoms with Crippen LogP contribution in [0.5, 0.6) is 0 Å². The molecular formula is C12H13F3O2. The van der Waals surface area contributed by atoms with Gasteiger partial charge in [-0.3, -0.25) is 4.79 Å². The molecule has 0 radical (unpaired) electrons. The third-order valence-electron chi connectivity index (χ3n) is 2.07. The lowest BCUT2D eigenvalue weighted by Crippen LogP contribution is -2.10. The van der Waals surface area contributed by atoms with Crippen molar-refractivity contribution in [3.05, 3.63) is 35.4 Å². The number of rotatable bonds is 4. The first-order chi connectivity index (χ1) is 7.93. The van der Waals surface area contributed by atoms with Gasteiger partial charge in [0, 0.05) is 0 Å². The van der Waals surface area contributed by atoms with Crippen molar-refractivity contribution in [3.63, 3.8) is 0 Å². The maximum atomic E-state index is 12.4. The Kier molecular flexibility index (Phi) is 4.54. The summed E-state index contributed by atoms with van der Waals surface area (Å²) >= 11 is 0. The predicted octanol–water partition coefficient (Wildman–Crippen LogP) is 3.20. The van der Waals surface area contributed by atoms with Crippen molar-refractivity contribution in [1.29, 1.82) is 0 Å². The van der Waals surface area contributed by atoms with Gasteiger partial charge in [-0.1, -0.05) is 25.1 Å². The van der Waals surface area contributed by atoms with E-state index in [1.165, 1.54) is 12.1 Å². The molecule has 1 rings (SSSR count). The summed E-state index contributed by atoms with van der Waals surface area (Å²) in [6.07, 6.45) is -3.83. The minimum Gasteiger partial charge on any atom is -0.465 e. The zero-order valence-corrected chi connectivity index (χ0v) is 9.38. The molecule has 0 aliphatic rings. The van der Waals surface area contributed by atoms with Crippen molar-refractivity contribution < 1.29 is 22.7 Å². The van der Waals surface area contributed by atoms with Crippen molar-refractivity contribution >= 4 is 5.97 Å². The van der Waals surface area contributed by atoms with Crippen LogP contribution in [0.15, 0.2) is 24.3 Å². The van der Waals surface area contributed by atoms with E-state index in [1.54, 1.807) is 0 Å². The molecule has 2 nitrogen and oxygen atoms in total. The van der Waals surface area contributed by atoms with Gasteiger partial charge in [0.15, 0.2) is 0 Å². The van der Waals surface area contributed by atoms with Crippen LogP contribution in [0.25, 0.3) is 0 Å². The largest absolute Gasteiger partial charge is 0.465 e. The highest BCUT2D eigenvalue weighted by atomic mass is 19.4. The van der Waals surface area contributed by atoms with E-state index in [1.807, 2.05) is 6.92 Å². The molecule has 94 valence electrons. The average molecular weight is 246 g/mol. The van der Waals surface area contributed by atoms with E-state index in [0.29, 0.717) is 12.0 Å². The van der Waals surface area contributed by atoms with Crippen molar-refractivity contribution in [2.45, 2.75) is 25.9 Å². The van der Waals surface area contributed by atoms with Gasteiger partial charge in [-0.25, -0.2) is 0 Å². The fourth-order valence-electron chi connectivity index (χ4n) is 1.29. The second-order valence-corrected chi connectivity index (χ2v) is 3.60. The fraction of sp³-hybridized carbons (Fsp3) is 0.417. The molecule has 0 aromatic heterocycles. The van der Waals surface area contributed by atoms with Gasteiger partial charge in [0.1, 0.15) is 0 Å². The van der Waals surface area contributed by atoms with Crippen molar-refractivity contribution in [2.75, 3.05) is 6.61 Å². The number of halogens is 3. The summed E-state index contributed by atoms with van der Waals surface area (Å²) in [5, 5.41) is 0. The molecule has 0 fully saturated rings. The Morgan fingerprint density at radius 1 is 1.35 bits per heavy atom. The maximum Gasteiger partial charge on any atom is 0.416 e. The minimum absolute atomic E-state index is 0.135. The molecule has 0 saturated carbocycles. The van der Waals surface area contributed by atoms with Gasteiger partial charge < -0.3 is 4.74 Å². The van der Waals surface area contributed by atoms with E-state index in [0.717, 1.165) is 12.1 Å². The van der Waals surface area contributed by atoms with E-state index < -0.39 is 17.7 Å². The quantitative estimate of drug-likeness (QED) is 0.762. The minimum atomic E-state index is -4.39. The number of hydrogen-bond donors (Lipinski definition) is 0. The summed E-state index contributed by atoms with van der Waals surface area (Å²) in [5.74, 6) is -0.508. The normalized spacial score (nSPS) is 11.3. The Hall–Kier alpha value is -1.52. The zero-order valence-electron chi connectivity index (χ0n) is 9.38. The number of carbonyl (C=O) groups is 1. The highest BCUT2D eigenvalue weighted by Crippen LogP contribution is 2.29. The summed E-state index contributed by atoms with van der Waals surface area (Å²) in [7, 11) is 0. The number of hydrogen-bond acceptors (Lipinski definition) is 2. The second-order valence-electron chi connectivity index (χ2n) is 3.60. The van der Waals surface area contributed by atoms with Crippen LogP contribution >= 0.6 is 0 Å². The summed E-state index contributed by atoms with van der Waals surface area (Å²) in [6, 6.07) is 4.70. The second kappa shape index (κ2) is 5.70. The third-order valence-corrected chi connectivity index (χ3v) is 2.07. The lowest BCUT2D eigenvalue weighted by atomic mass is 10.1. The SMILES string of the molecule is CCCOC(=O)Cc1cccc(C(F)(F)F)c1. The van der Waals surface area contributed by atoms with Gasteiger partial charge in [-0.15, -0.1) is 0 Å². The van der Waals surface area contributed by atoms with Crippen LogP contribution in [-0.4, -0.2) is 12.6 Å². The molecule has 0 aliphatic heterocycles. The fourth-order valence-corrected chi connectivity index (χ4v) is 1.29. The van der Waals surface area contributed by atoms with E-state index in [4.69, 9.17) is 4.74 Å². The monoisotopic (exact) mass is 246 g/mol. The molecule has 0 saturated heterocycles. The molecular weight excluding hydrogens is 233 g/mol. The number of benzene rings is 1. The molecule has 1 aromatic rings. The third kappa shape index (κ3) is 4.46. The lowest BCUT2D eigenvalue weighted by Gasteiger charge is -2.08. The summed E-state index contributed by atoms with van der Waals surface area (Å²) < 4.78 is 42.0. The predicted molar refractivity (Wildman–Crippen MR) is 56.4 cm³/mol. The average Bonchev–Trinajstić information content (AvgIpc) is 2.25. The highest BCUT2D eigenvalue weighted by molar-refractivity contribution is 5.72. The Morgan fingerprint density at radius 3 is 2.65 bits per heavy atom. The van der Waals surface area contributed by atoms with Gasteiger partial charge in [0.2, 0.25) is 0 Å². The Balaban J connectivity index is 2.69. The Morgan fingerprint density at radius 2 is 2.06 bits per heavy atom. The van der Waals surface area contributed by atoms with E-state index in [9.17, 15) is 18.0 Å². The smallest absolute Gasteiger partial charge is 0.416 e. The summed E-state index contributed by atoms with van der Waals surface area (Å²) in [5.41, 5.74) is -0.445. The van der Waals surface area contributed by atoms with E-state index >= 15 is 0 Å². The number of ether oxygens (including phenoxy) is 1. The molecule has 0 atom stereocenters. The van der Waals surface area contributed by atoms with Crippen molar-refractivity contribution in [1.82, 2.24) is 0 Å². The molecule has 0 amide bonds. The number of carbonyl (C=O) groups excluding carboxylic acids is 1. The van der Waals surface area contributed by atoms with Crippen LogP contribution in [-0.2, 0) is 22.1 Å². The van der Waals surface area contributed by atoms with Gasteiger partial charge >= 0.3 is 12.1 Å². The van der Waals surface area contributed by atoms with Gasteiger partial charge in [0.05, 0.1) is 18.6 Å². The van der Waals surface area contributed by atoms with Crippen LogP contribution in [0.4, 0.5) is 13.2 Å². The highest BCUT2D eigenvalue weighted by Gasteiger charge is 2.30. The van der Waals surface area contributed by atoms with Crippen LogP contribution in [0.2, 0.25) is 0 Å². The molecule has 0 spiro atoms. The first-order valence-corrected chi connectivity index (χ1v) is 5.25. The van der Waals surface area contributed by atoms with Gasteiger partial charge in [-0.2, -0.15) is 13.2 Å². The molecule has 0 heterocycles. The standard InChI is InChI=1S/C12H13F3O2/c1-2-6-17-11(16)8-9-4-3-5-10(7-9)12(13,14)15/h3-5,7H,2,6,8H2,1H3. The van der Waals surface area contributed by atoms with Crippen LogP contribution in [0.3, 0.4) is 0 Å². The summed E-state index contributed by atoms with van der Waals surface area (Å²) in [6.45, 7) is 2.13. The van der Waals surface area contributed by atoms with Gasteiger partial charge in [0.25, 0.3) is 0 Å². The van der Waals surface area contributed by atoms with Crippen LogP contribution in [0, 0.1) is 0 Å². The van der Waals surface area contributed by atoms with Gasteiger partial charge in [-0.05, 0) is 18.1 Å². The maximum absolute atomic E-state index is 12.4. The van der Waals surface area contributed by atoms with Crippen molar-refractivity contribution in [3.8, 4) is 0 Å². The number of alkyl halides is 3. The van der Waals surface area contributed by atoms with Crippen molar-refractivity contribution in [2.24, 2.45) is 0 Å².